The van der Waals surface area contributed by atoms with Gasteiger partial charge in [-0.15, -0.1) is 0 Å². The smallest absolute Gasteiger partial charge is 0.329 e. The van der Waals surface area contributed by atoms with Gasteiger partial charge in [0.1, 0.15) is 6.04 Å². The van der Waals surface area contributed by atoms with E-state index in [2.05, 4.69) is 14.7 Å². The SMILES string of the molecule is COC(=O)[C@@H](CSCc1ccccc1)NC(=O)CSc1nc(SC)ns1. The summed E-state index contributed by atoms with van der Waals surface area (Å²) >= 11 is 5.60. The van der Waals surface area contributed by atoms with Crippen molar-refractivity contribution in [3.05, 3.63) is 35.9 Å². The van der Waals surface area contributed by atoms with Gasteiger partial charge in [-0.3, -0.25) is 4.79 Å². The lowest BCUT2D eigenvalue weighted by atomic mass is 10.2. The summed E-state index contributed by atoms with van der Waals surface area (Å²) < 4.78 is 9.68. The van der Waals surface area contributed by atoms with Gasteiger partial charge in [0.15, 0.2) is 4.34 Å². The first-order chi connectivity index (χ1) is 12.6. The number of carbonyl (C=O) groups is 2. The lowest BCUT2D eigenvalue weighted by Crippen LogP contribution is -2.44. The fraction of sp³-hybridized carbons (Fsp3) is 0.375. The van der Waals surface area contributed by atoms with Gasteiger partial charge in [-0.1, -0.05) is 53.9 Å². The van der Waals surface area contributed by atoms with E-state index in [0.717, 1.165) is 10.1 Å². The van der Waals surface area contributed by atoms with Crippen LogP contribution in [0.5, 0.6) is 0 Å². The highest BCUT2D eigenvalue weighted by molar-refractivity contribution is 8.01. The van der Waals surface area contributed by atoms with E-state index < -0.39 is 12.0 Å². The van der Waals surface area contributed by atoms with Gasteiger partial charge in [0.05, 0.1) is 12.9 Å². The van der Waals surface area contributed by atoms with E-state index in [1.165, 1.54) is 47.7 Å². The third kappa shape index (κ3) is 7.18. The van der Waals surface area contributed by atoms with Crippen LogP contribution in [0.4, 0.5) is 0 Å². The molecule has 26 heavy (non-hydrogen) atoms. The number of carbonyl (C=O) groups excluding carboxylic acids is 2. The topological polar surface area (TPSA) is 81.2 Å². The monoisotopic (exact) mass is 429 g/mol. The van der Waals surface area contributed by atoms with Gasteiger partial charge >= 0.3 is 5.97 Å². The minimum absolute atomic E-state index is 0.180. The molecule has 0 spiro atoms. The van der Waals surface area contributed by atoms with E-state index in [1.807, 2.05) is 36.6 Å². The number of thioether (sulfide) groups is 3. The number of hydrogen-bond acceptors (Lipinski definition) is 9. The Morgan fingerprint density at radius 2 is 2.08 bits per heavy atom. The Labute approximate surface area is 169 Å². The average molecular weight is 430 g/mol. The molecular weight excluding hydrogens is 410 g/mol. The Bertz CT molecular complexity index is 712. The summed E-state index contributed by atoms with van der Waals surface area (Å²) in [5.74, 6) is 0.727. The lowest BCUT2D eigenvalue weighted by molar-refractivity contribution is -0.144. The van der Waals surface area contributed by atoms with Crippen molar-refractivity contribution >= 4 is 58.7 Å². The molecule has 0 aliphatic rings. The first-order valence-electron chi connectivity index (χ1n) is 7.61. The van der Waals surface area contributed by atoms with Crippen molar-refractivity contribution in [3.63, 3.8) is 0 Å². The van der Waals surface area contributed by atoms with Crippen molar-refractivity contribution in [1.29, 1.82) is 0 Å². The Hall–Kier alpha value is -1.23. The first kappa shape index (κ1) is 21.1. The highest BCUT2D eigenvalue weighted by atomic mass is 32.2. The second kappa shape index (κ2) is 11.5. The van der Waals surface area contributed by atoms with Crippen LogP contribution >= 0.6 is 46.8 Å². The summed E-state index contributed by atoms with van der Waals surface area (Å²) in [5, 5.41) is 3.44. The molecule has 0 aliphatic carbocycles. The zero-order valence-corrected chi connectivity index (χ0v) is 17.6. The standard InChI is InChI=1S/C16H19N3O3S4/c1-22-14(21)12(9-24-8-11-6-4-3-5-7-11)17-13(20)10-25-16-18-15(23-2)19-26-16/h3-7,12H,8-10H2,1-2H3,(H,17,20)/t12-/m1/s1. The summed E-state index contributed by atoms with van der Waals surface area (Å²) in [5.41, 5.74) is 1.17. The molecule has 10 heteroatoms. The van der Waals surface area contributed by atoms with Crippen LogP contribution in [0.1, 0.15) is 5.56 Å². The summed E-state index contributed by atoms with van der Waals surface area (Å²) in [4.78, 5) is 28.4. The molecule has 2 rings (SSSR count). The van der Waals surface area contributed by atoms with Crippen LogP contribution in [0.25, 0.3) is 0 Å². The molecule has 2 aromatic rings. The Kier molecular flexibility index (Phi) is 9.30. The van der Waals surface area contributed by atoms with Gasteiger partial charge in [0, 0.05) is 11.5 Å². The number of ether oxygens (including phenoxy) is 1. The Morgan fingerprint density at radius 1 is 1.31 bits per heavy atom. The number of amides is 1. The second-order valence-electron chi connectivity index (χ2n) is 4.98. The van der Waals surface area contributed by atoms with Crippen molar-refractivity contribution in [2.45, 2.75) is 21.3 Å². The maximum absolute atomic E-state index is 12.2. The van der Waals surface area contributed by atoms with Crippen LogP contribution in [-0.2, 0) is 20.1 Å². The highest BCUT2D eigenvalue weighted by Gasteiger charge is 2.21. The van der Waals surface area contributed by atoms with Crippen molar-refractivity contribution in [2.75, 3.05) is 24.9 Å². The van der Waals surface area contributed by atoms with Crippen LogP contribution < -0.4 is 5.32 Å². The molecule has 0 saturated carbocycles. The first-order valence-corrected chi connectivity index (χ1v) is 11.8. The zero-order valence-electron chi connectivity index (χ0n) is 14.3. The van der Waals surface area contributed by atoms with Crippen molar-refractivity contribution in [3.8, 4) is 0 Å². The third-order valence-corrected chi connectivity index (χ3v) is 6.72. The normalized spacial score (nSPS) is 11.8. The average Bonchev–Trinajstić information content (AvgIpc) is 3.14. The fourth-order valence-corrected chi connectivity index (χ4v) is 4.90. The number of nitrogens with one attached hydrogen (secondary N) is 1. The molecule has 0 fully saturated rings. The van der Waals surface area contributed by atoms with E-state index in [0.29, 0.717) is 10.9 Å². The molecule has 1 atom stereocenters. The van der Waals surface area contributed by atoms with Crippen molar-refractivity contribution in [1.82, 2.24) is 14.7 Å². The minimum atomic E-state index is -0.669. The number of nitrogens with zero attached hydrogens (tertiary/aromatic N) is 2. The molecule has 6 nitrogen and oxygen atoms in total. The van der Waals surface area contributed by atoms with Gasteiger partial charge < -0.3 is 10.1 Å². The molecule has 140 valence electrons. The molecule has 1 aromatic carbocycles. The Balaban J connectivity index is 1.80. The van der Waals surface area contributed by atoms with Crippen LogP contribution in [0.2, 0.25) is 0 Å². The van der Waals surface area contributed by atoms with Crippen LogP contribution in [-0.4, -0.2) is 52.1 Å². The predicted molar refractivity (Wildman–Crippen MR) is 109 cm³/mol. The van der Waals surface area contributed by atoms with Gasteiger partial charge in [0.25, 0.3) is 0 Å². The zero-order chi connectivity index (χ0) is 18.8. The van der Waals surface area contributed by atoms with Crippen LogP contribution in [0.15, 0.2) is 39.8 Å². The van der Waals surface area contributed by atoms with E-state index in [1.54, 1.807) is 11.8 Å². The summed E-state index contributed by atoms with van der Waals surface area (Å²) in [6.45, 7) is 0. The molecule has 1 heterocycles. The molecule has 1 amide bonds. The molecule has 0 radical (unpaired) electrons. The summed E-state index contributed by atoms with van der Waals surface area (Å²) in [6.07, 6.45) is 1.90. The minimum Gasteiger partial charge on any atom is -0.467 e. The van der Waals surface area contributed by atoms with E-state index in [-0.39, 0.29) is 11.7 Å². The molecule has 0 bridgehead atoms. The van der Waals surface area contributed by atoms with Crippen LogP contribution in [0, 0.1) is 0 Å². The number of rotatable bonds is 10. The molecule has 0 unspecified atom stereocenters. The molecule has 1 aromatic heterocycles. The quantitative estimate of drug-likeness (QED) is 0.456. The molecule has 0 aliphatic heterocycles. The predicted octanol–water partition coefficient (Wildman–Crippen LogP) is 2.94. The number of hydrogen-bond donors (Lipinski definition) is 1. The summed E-state index contributed by atoms with van der Waals surface area (Å²) in [7, 11) is 1.32. The van der Waals surface area contributed by atoms with Gasteiger partial charge in [0.2, 0.25) is 11.1 Å². The number of methoxy groups -OCH3 is 1. The molecule has 0 saturated heterocycles. The number of benzene rings is 1. The van der Waals surface area contributed by atoms with Gasteiger partial charge in [-0.25, -0.2) is 9.78 Å². The molecule has 1 N–H and O–H groups in total. The van der Waals surface area contributed by atoms with Gasteiger partial charge in [-0.05, 0) is 23.4 Å². The van der Waals surface area contributed by atoms with Crippen LogP contribution in [0.3, 0.4) is 0 Å². The third-order valence-electron chi connectivity index (χ3n) is 3.12. The number of esters is 1. The van der Waals surface area contributed by atoms with E-state index >= 15 is 0 Å². The molecular formula is C16H19N3O3S4. The lowest BCUT2D eigenvalue weighted by Gasteiger charge is -2.16. The van der Waals surface area contributed by atoms with Gasteiger partial charge in [-0.2, -0.15) is 16.1 Å². The van der Waals surface area contributed by atoms with E-state index in [9.17, 15) is 9.59 Å². The largest absolute Gasteiger partial charge is 0.467 e. The highest BCUT2D eigenvalue weighted by Crippen LogP contribution is 2.23. The second-order valence-corrected chi connectivity index (χ2v) is 8.76. The Morgan fingerprint density at radius 3 is 2.73 bits per heavy atom. The van der Waals surface area contributed by atoms with Crippen molar-refractivity contribution in [2.24, 2.45) is 0 Å². The maximum atomic E-state index is 12.2. The fourth-order valence-electron chi connectivity index (χ4n) is 1.88. The summed E-state index contributed by atoms with van der Waals surface area (Å²) in [6, 6.07) is 9.30. The van der Waals surface area contributed by atoms with E-state index in [4.69, 9.17) is 4.74 Å². The number of aromatic nitrogens is 2. The van der Waals surface area contributed by atoms with Crippen molar-refractivity contribution < 1.29 is 14.3 Å². The maximum Gasteiger partial charge on any atom is 0.329 e.